The summed E-state index contributed by atoms with van der Waals surface area (Å²) in [5, 5.41) is 10.9. The van der Waals surface area contributed by atoms with Crippen molar-refractivity contribution < 1.29 is 33.5 Å². The van der Waals surface area contributed by atoms with Crippen LogP contribution in [0.4, 0.5) is 0 Å². The molecule has 192 valence electrons. The Morgan fingerprint density at radius 2 is 1.61 bits per heavy atom. The lowest BCUT2D eigenvalue weighted by Crippen LogP contribution is -2.60. The lowest BCUT2D eigenvalue weighted by atomic mass is 9.91. The van der Waals surface area contributed by atoms with Gasteiger partial charge in [-0.15, -0.1) is 0 Å². The summed E-state index contributed by atoms with van der Waals surface area (Å²) in [7, 11) is 8.27. The number of allylic oxidation sites excluding steroid dienone is 2. The molecule has 0 radical (unpaired) electrons. The molecule has 1 saturated heterocycles. The number of aliphatic hydroxyl groups is 1. The zero-order valence-corrected chi connectivity index (χ0v) is 21.9. The maximum absolute atomic E-state index is 10.9. The van der Waals surface area contributed by atoms with Crippen LogP contribution in [0.1, 0.15) is 40.5 Å². The normalized spacial score (nSPS) is 36.5. The van der Waals surface area contributed by atoms with Crippen LogP contribution in [0.2, 0.25) is 0 Å². The maximum Gasteiger partial charge on any atom is 0.186 e. The fourth-order valence-electron chi connectivity index (χ4n) is 5.38. The van der Waals surface area contributed by atoms with Gasteiger partial charge in [0.25, 0.3) is 0 Å². The molecule has 2 fully saturated rings. The van der Waals surface area contributed by atoms with Gasteiger partial charge in [0.1, 0.15) is 24.4 Å². The van der Waals surface area contributed by atoms with Gasteiger partial charge in [-0.3, -0.25) is 0 Å². The van der Waals surface area contributed by atoms with Crippen LogP contribution < -0.4 is 0 Å². The van der Waals surface area contributed by atoms with E-state index in [1.54, 1.807) is 35.5 Å². The van der Waals surface area contributed by atoms with Gasteiger partial charge in [-0.25, -0.2) is 0 Å². The summed E-state index contributed by atoms with van der Waals surface area (Å²) in [6.07, 6.45) is 6.10. The smallest absolute Gasteiger partial charge is 0.186 e. The van der Waals surface area contributed by atoms with Crippen molar-refractivity contribution in [3.8, 4) is 0 Å². The number of hydrogen-bond acceptors (Lipinski definition) is 7. The number of rotatable bonds is 13. The minimum atomic E-state index is -0.558. The second-order valence-electron chi connectivity index (χ2n) is 9.51. The summed E-state index contributed by atoms with van der Waals surface area (Å²) < 4.78 is 34.2. The zero-order valence-electron chi connectivity index (χ0n) is 21.9. The highest BCUT2D eigenvalue weighted by Gasteiger charge is 2.49. The molecule has 7 nitrogen and oxygen atoms in total. The summed E-state index contributed by atoms with van der Waals surface area (Å²) in [6.45, 7) is 8.47. The zero-order chi connectivity index (χ0) is 24.7. The third-order valence-corrected chi connectivity index (χ3v) is 7.60. The summed E-state index contributed by atoms with van der Waals surface area (Å²) in [4.78, 5) is 0. The van der Waals surface area contributed by atoms with Crippen molar-refractivity contribution in [3.05, 3.63) is 23.8 Å². The molecule has 33 heavy (non-hydrogen) atoms. The van der Waals surface area contributed by atoms with Crippen LogP contribution in [0.15, 0.2) is 23.8 Å². The Morgan fingerprint density at radius 1 is 0.970 bits per heavy atom. The first-order valence-corrected chi connectivity index (χ1v) is 12.1. The van der Waals surface area contributed by atoms with Gasteiger partial charge in [0.2, 0.25) is 0 Å². The van der Waals surface area contributed by atoms with E-state index < -0.39 is 6.29 Å². The number of ether oxygens (including phenoxy) is 6. The molecule has 0 aromatic rings. The first kappa shape index (κ1) is 28.4. The summed E-state index contributed by atoms with van der Waals surface area (Å²) in [6, 6.07) is 0. The first-order valence-electron chi connectivity index (χ1n) is 12.1. The Bertz CT molecular complexity index is 632. The molecule has 0 spiro atoms. The third-order valence-electron chi connectivity index (χ3n) is 7.60. The molecule has 0 aromatic heterocycles. The third kappa shape index (κ3) is 6.66. The molecule has 1 aliphatic carbocycles. The molecule has 2 rings (SSSR count). The molecule has 0 unspecified atom stereocenters. The van der Waals surface area contributed by atoms with Crippen molar-refractivity contribution in [1.82, 2.24) is 0 Å². The fraction of sp³-hybridized carbons (Fsp3) is 0.846. The van der Waals surface area contributed by atoms with Crippen LogP contribution in [0, 0.1) is 23.7 Å². The average molecular weight is 471 g/mol. The van der Waals surface area contributed by atoms with Crippen LogP contribution in [-0.4, -0.2) is 83.6 Å². The molecule has 7 heteroatoms. The minimum absolute atomic E-state index is 0.0562. The molecule has 1 heterocycles. The predicted molar refractivity (Wildman–Crippen MR) is 128 cm³/mol. The van der Waals surface area contributed by atoms with E-state index in [9.17, 15) is 5.11 Å². The van der Waals surface area contributed by atoms with E-state index in [1.807, 2.05) is 19.1 Å². The van der Waals surface area contributed by atoms with Crippen molar-refractivity contribution in [3.63, 3.8) is 0 Å². The van der Waals surface area contributed by atoms with Crippen molar-refractivity contribution in [2.45, 2.75) is 83.5 Å². The molecule has 11 atom stereocenters. The fourth-order valence-corrected chi connectivity index (χ4v) is 5.38. The topological polar surface area (TPSA) is 75.6 Å². The quantitative estimate of drug-likeness (QED) is 0.412. The minimum Gasteiger partial charge on any atom is -0.392 e. The van der Waals surface area contributed by atoms with E-state index in [2.05, 4.69) is 26.8 Å². The van der Waals surface area contributed by atoms with Gasteiger partial charge in [0.05, 0.1) is 12.2 Å². The van der Waals surface area contributed by atoms with Gasteiger partial charge < -0.3 is 33.5 Å². The highest BCUT2D eigenvalue weighted by Crippen LogP contribution is 2.49. The predicted octanol–water partition coefficient (Wildman–Crippen LogP) is 3.60. The van der Waals surface area contributed by atoms with Gasteiger partial charge in [0, 0.05) is 41.5 Å². The second kappa shape index (κ2) is 13.3. The summed E-state index contributed by atoms with van der Waals surface area (Å²) in [5.41, 5.74) is 0.988. The Kier molecular flexibility index (Phi) is 11.5. The molecular formula is C26H46O7. The highest BCUT2D eigenvalue weighted by molar-refractivity contribution is 5.19. The van der Waals surface area contributed by atoms with E-state index in [-0.39, 0.29) is 42.5 Å². The van der Waals surface area contributed by atoms with Crippen LogP contribution in [-0.2, 0) is 28.4 Å². The SMILES string of the molecule is CC[C@H](OC)[C@@H](C)[C@@H]1C[C@H]1[C@H](O)[C@@H](C)/C=C/C=C(\C)[C@@H]1O[C@H](OC)[C@H](OC)[C@@H](OC)[C@@H]1OC. The maximum atomic E-state index is 10.9. The van der Waals surface area contributed by atoms with Gasteiger partial charge in [-0.05, 0) is 43.1 Å². The van der Waals surface area contributed by atoms with E-state index in [1.165, 1.54) is 0 Å². The van der Waals surface area contributed by atoms with Crippen molar-refractivity contribution in [2.75, 3.05) is 35.5 Å². The van der Waals surface area contributed by atoms with Crippen molar-refractivity contribution >= 4 is 0 Å². The van der Waals surface area contributed by atoms with Gasteiger partial charge in [-0.2, -0.15) is 0 Å². The second-order valence-corrected chi connectivity index (χ2v) is 9.51. The van der Waals surface area contributed by atoms with Crippen LogP contribution >= 0.6 is 0 Å². The van der Waals surface area contributed by atoms with Gasteiger partial charge in [-0.1, -0.05) is 39.0 Å². The van der Waals surface area contributed by atoms with Crippen LogP contribution in [0.25, 0.3) is 0 Å². The van der Waals surface area contributed by atoms with Crippen molar-refractivity contribution in [1.29, 1.82) is 0 Å². The average Bonchev–Trinajstić information content (AvgIpc) is 3.63. The number of hydrogen-bond donors (Lipinski definition) is 1. The summed E-state index contributed by atoms with van der Waals surface area (Å²) >= 11 is 0. The van der Waals surface area contributed by atoms with E-state index in [0.717, 1.165) is 18.4 Å². The molecule has 0 bridgehead atoms. The molecule has 0 amide bonds. The molecule has 1 N–H and O–H groups in total. The molecule has 2 aliphatic rings. The lowest BCUT2D eigenvalue weighted by Gasteiger charge is -2.44. The Labute approximate surface area is 200 Å². The molecule has 0 aromatic carbocycles. The van der Waals surface area contributed by atoms with E-state index >= 15 is 0 Å². The monoisotopic (exact) mass is 470 g/mol. The van der Waals surface area contributed by atoms with Crippen LogP contribution in [0.3, 0.4) is 0 Å². The van der Waals surface area contributed by atoms with Gasteiger partial charge >= 0.3 is 0 Å². The standard InChI is InChI=1S/C26H46O7/c1-10-20(28-5)17(4)18-14-19(18)21(27)15(2)12-11-13-16(3)22-23(29-6)24(30-7)25(31-8)26(32-9)33-22/h11-13,15,17-27H,10,14H2,1-9H3/b12-11+,16-13+/t15-,17-,18-,19+,20-,21+,22-,23+,24-,25+,26-/m0/s1. The molecular weight excluding hydrogens is 424 g/mol. The van der Waals surface area contributed by atoms with Crippen LogP contribution in [0.5, 0.6) is 0 Å². The lowest BCUT2D eigenvalue weighted by molar-refractivity contribution is -0.295. The van der Waals surface area contributed by atoms with E-state index in [4.69, 9.17) is 28.4 Å². The van der Waals surface area contributed by atoms with E-state index in [0.29, 0.717) is 17.8 Å². The van der Waals surface area contributed by atoms with Crippen molar-refractivity contribution in [2.24, 2.45) is 23.7 Å². The Morgan fingerprint density at radius 3 is 2.12 bits per heavy atom. The Hall–Kier alpha value is -0.800. The number of methoxy groups -OCH3 is 5. The first-order chi connectivity index (χ1) is 15.8. The summed E-state index contributed by atoms with van der Waals surface area (Å²) in [5.74, 6) is 1.39. The highest BCUT2D eigenvalue weighted by atomic mass is 16.7. The Balaban J connectivity index is 2.02. The molecule has 1 aliphatic heterocycles. The number of aliphatic hydroxyl groups excluding tert-OH is 1. The molecule has 1 saturated carbocycles. The largest absolute Gasteiger partial charge is 0.392 e. The van der Waals surface area contributed by atoms with Gasteiger partial charge in [0.15, 0.2) is 6.29 Å².